The van der Waals surface area contributed by atoms with Gasteiger partial charge in [0.1, 0.15) is 0 Å². The Bertz CT molecular complexity index is 684. The molecule has 0 aliphatic carbocycles. The third-order valence-corrected chi connectivity index (χ3v) is 4.84. The molecule has 1 N–H and O–H groups in total. The molecule has 0 unspecified atom stereocenters. The summed E-state index contributed by atoms with van der Waals surface area (Å²) in [5.74, 6) is 2.34. The average molecular weight is 303 g/mol. The quantitative estimate of drug-likeness (QED) is 0.690. The van der Waals surface area contributed by atoms with Gasteiger partial charge < -0.3 is 5.32 Å². The number of hydrogen-bond donors (Lipinski definition) is 1. The first kappa shape index (κ1) is 14.1. The Labute approximate surface area is 127 Å². The number of anilines is 1. The summed E-state index contributed by atoms with van der Waals surface area (Å²) in [5, 5.41) is 16.2. The Balaban J connectivity index is 2.03. The summed E-state index contributed by atoms with van der Waals surface area (Å²) in [4.78, 5) is 15.0. The van der Waals surface area contributed by atoms with Gasteiger partial charge in [-0.05, 0) is 43.4 Å². The Morgan fingerprint density at radius 3 is 2.81 bits per heavy atom. The number of benzene rings is 1. The van der Waals surface area contributed by atoms with E-state index in [9.17, 15) is 10.1 Å². The van der Waals surface area contributed by atoms with Gasteiger partial charge in [-0.1, -0.05) is 0 Å². The van der Waals surface area contributed by atoms with Gasteiger partial charge in [-0.3, -0.25) is 15.1 Å². The second-order valence-electron chi connectivity index (χ2n) is 5.29. The Hall–Kier alpha value is -1.82. The largest absolute Gasteiger partial charge is 0.382 e. The number of nitrogens with one attached hydrogen (secondary N) is 1. The fraction of sp³-hybridized carbons (Fsp3) is 0.400. The molecule has 0 amide bonds. The van der Waals surface area contributed by atoms with Crippen molar-refractivity contribution < 1.29 is 4.92 Å². The summed E-state index contributed by atoms with van der Waals surface area (Å²) in [6.07, 6.45) is 3.87. The van der Waals surface area contributed by atoms with Crippen LogP contribution in [0.15, 0.2) is 24.4 Å². The van der Waals surface area contributed by atoms with Crippen LogP contribution in [-0.2, 0) is 0 Å². The van der Waals surface area contributed by atoms with Crippen LogP contribution < -0.4 is 5.32 Å². The van der Waals surface area contributed by atoms with Crippen LogP contribution >= 0.6 is 11.8 Å². The van der Waals surface area contributed by atoms with E-state index >= 15 is 0 Å². The molecule has 21 heavy (non-hydrogen) atoms. The number of hydrogen-bond acceptors (Lipinski definition) is 5. The van der Waals surface area contributed by atoms with Gasteiger partial charge in [-0.2, -0.15) is 11.8 Å². The number of nitrogens with zero attached hydrogens (tertiary/aromatic N) is 2. The first-order valence-electron chi connectivity index (χ1n) is 7.03. The molecule has 6 heteroatoms. The molecule has 2 aromatic rings. The summed E-state index contributed by atoms with van der Waals surface area (Å²) in [6, 6.07) is 5.76. The van der Waals surface area contributed by atoms with Crippen LogP contribution in [0.3, 0.4) is 0 Å². The van der Waals surface area contributed by atoms with Crippen molar-refractivity contribution in [1.82, 2.24) is 4.98 Å². The van der Waals surface area contributed by atoms with Gasteiger partial charge in [-0.25, -0.2) is 0 Å². The second-order valence-corrected chi connectivity index (χ2v) is 6.52. The van der Waals surface area contributed by atoms with Crippen molar-refractivity contribution in [2.75, 3.05) is 16.8 Å². The lowest BCUT2D eigenvalue weighted by atomic mass is 10.1. The van der Waals surface area contributed by atoms with Crippen LogP contribution in [0.1, 0.15) is 18.5 Å². The van der Waals surface area contributed by atoms with Crippen LogP contribution in [0.2, 0.25) is 0 Å². The molecule has 1 aliphatic rings. The molecule has 0 atom stereocenters. The molecule has 1 aliphatic heterocycles. The van der Waals surface area contributed by atoms with Crippen LogP contribution in [0, 0.1) is 17.0 Å². The van der Waals surface area contributed by atoms with Crippen molar-refractivity contribution in [2.24, 2.45) is 0 Å². The van der Waals surface area contributed by atoms with Crippen molar-refractivity contribution in [3.63, 3.8) is 0 Å². The number of rotatable bonds is 3. The van der Waals surface area contributed by atoms with Crippen molar-refractivity contribution >= 4 is 33.9 Å². The molecule has 1 aromatic heterocycles. The minimum absolute atomic E-state index is 0.113. The highest BCUT2D eigenvalue weighted by Gasteiger charge is 2.18. The molecular weight excluding hydrogens is 286 g/mol. The lowest BCUT2D eigenvalue weighted by molar-refractivity contribution is -0.383. The van der Waals surface area contributed by atoms with Gasteiger partial charge in [-0.15, -0.1) is 0 Å². The van der Waals surface area contributed by atoms with E-state index in [2.05, 4.69) is 10.3 Å². The van der Waals surface area contributed by atoms with Crippen LogP contribution in [0.5, 0.6) is 0 Å². The smallest absolute Gasteiger partial charge is 0.278 e. The Kier molecular flexibility index (Phi) is 3.96. The molecule has 1 saturated heterocycles. The van der Waals surface area contributed by atoms with Crippen LogP contribution in [-0.4, -0.2) is 27.5 Å². The fourth-order valence-electron chi connectivity index (χ4n) is 2.68. The molecule has 1 fully saturated rings. The Morgan fingerprint density at radius 1 is 1.33 bits per heavy atom. The van der Waals surface area contributed by atoms with E-state index in [0.29, 0.717) is 11.4 Å². The zero-order valence-electron chi connectivity index (χ0n) is 11.8. The maximum absolute atomic E-state index is 11.2. The summed E-state index contributed by atoms with van der Waals surface area (Å²) >= 11 is 1.98. The molecule has 0 bridgehead atoms. The van der Waals surface area contributed by atoms with Crippen LogP contribution in [0.25, 0.3) is 10.8 Å². The highest BCUT2D eigenvalue weighted by molar-refractivity contribution is 7.99. The lowest BCUT2D eigenvalue weighted by Crippen LogP contribution is -2.24. The average Bonchev–Trinajstić information content (AvgIpc) is 2.48. The van der Waals surface area contributed by atoms with E-state index in [-0.39, 0.29) is 10.6 Å². The second kappa shape index (κ2) is 5.89. The van der Waals surface area contributed by atoms with E-state index in [4.69, 9.17) is 0 Å². The van der Waals surface area contributed by atoms with E-state index < -0.39 is 0 Å². The van der Waals surface area contributed by atoms with Gasteiger partial charge in [0.2, 0.25) is 0 Å². The van der Waals surface area contributed by atoms with Gasteiger partial charge in [0.25, 0.3) is 5.69 Å². The maximum Gasteiger partial charge on any atom is 0.278 e. The third-order valence-electron chi connectivity index (χ3n) is 3.79. The summed E-state index contributed by atoms with van der Waals surface area (Å²) < 4.78 is 0. The standard InChI is InChI=1S/C15H17N3O2S/c1-10-8-12-13(9-16-10)15(18(19)20)3-2-14(12)17-11-4-6-21-7-5-11/h2-3,8-9,11,17H,4-7H2,1H3. The summed E-state index contributed by atoms with van der Waals surface area (Å²) in [6.45, 7) is 1.90. The number of fused-ring (bicyclic) bond motifs is 1. The number of nitro groups is 1. The molecular formula is C15H17N3O2S. The first-order chi connectivity index (χ1) is 10.1. The predicted octanol–water partition coefficient (Wildman–Crippen LogP) is 3.76. The molecule has 110 valence electrons. The number of aromatic nitrogens is 1. The van der Waals surface area contributed by atoms with Crippen molar-refractivity contribution in [2.45, 2.75) is 25.8 Å². The van der Waals surface area contributed by atoms with Gasteiger partial charge in [0, 0.05) is 35.1 Å². The molecule has 1 aromatic carbocycles. The predicted molar refractivity (Wildman–Crippen MR) is 87.1 cm³/mol. The lowest BCUT2D eigenvalue weighted by Gasteiger charge is -2.24. The summed E-state index contributed by atoms with van der Waals surface area (Å²) in [7, 11) is 0. The number of nitro benzene ring substituents is 1. The number of thioether (sulfide) groups is 1. The molecule has 0 saturated carbocycles. The maximum atomic E-state index is 11.2. The molecule has 5 nitrogen and oxygen atoms in total. The van der Waals surface area contributed by atoms with Gasteiger partial charge in [0.05, 0.1) is 10.3 Å². The van der Waals surface area contributed by atoms with Crippen molar-refractivity contribution in [3.05, 3.63) is 40.2 Å². The highest BCUT2D eigenvalue weighted by atomic mass is 32.2. The number of aryl methyl sites for hydroxylation is 1. The van der Waals surface area contributed by atoms with E-state index in [0.717, 1.165) is 29.6 Å². The monoisotopic (exact) mass is 303 g/mol. The molecule has 0 spiro atoms. The SMILES string of the molecule is Cc1cc2c(NC3CCSCC3)ccc([N+](=O)[O-])c2cn1. The minimum Gasteiger partial charge on any atom is -0.382 e. The number of pyridine rings is 1. The molecule has 2 heterocycles. The Morgan fingerprint density at radius 2 is 2.10 bits per heavy atom. The minimum atomic E-state index is -0.347. The van der Waals surface area contributed by atoms with Crippen molar-refractivity contribution in [3.8, 4) is 0 Å². The first-order valence-corrected chi connectivity index (χ1v) is 8.18. The summed E-state index contributed by atoms with van der Waals surface area (Å²) in [5.41, 5.74) is 1.95. The third kappa shape index (κ3) is 2.95. The van der Waals surface area contributed by atoms with Gasteiger partial charge in [0.15, 0.2) is 0 Å². The molecule has 3 rings (SSSR count). The van der Waals surface area contributed by atoms with E-state index in [1.54, 1.807) is 12.3 Å². The van der Waals surface area contributed by atoms with E-state index in [1.165, 1.54) is 11.5 Å². The molecule has 0 radical (unpaired) electrons. The van der Waals surface area contributed by atoms with Crippen LogP contribution in [0.4, 0.5) is 11.4 Å². The van der Waals surface area contributed by atoms with Gasteiger partial charge >= 0.3 is 0 Å². The zero-order chi connectivity index (χ0) is 14.8. The highest BCUT2D eigenvalue weighted by Crippen LogP contribution is 2.33. The number of non-ortho nitro benzene ring substituents is 1. The van der Waals surface area contributed by atoms with E-state index in [1.807, 2.05) is 30.8 Å². The normalized spacial score (nSPS) is 16.0. The topological polar surface area (TPSA) is 68.1 Å². The van der Waals surface area contributed by atoms with Crippen molar-refractivity contribution in [1.29, 1.82) is 0 Å². The fourth-order valence-corrected chi connectivity index (χ4v) is 3.78. The zero-order valence-corrected chi connectivity index (χ0v) is 12.7.